The van der Waals surface area contributed by atoms with Gasteiger partial charge in [0, 0.05) is 25.1 Å². The number of nitrogens with zero attached hydrogens (tertiary/aromatic N) is 3. The molecule has 1 aromatic carbocycles. The van der Waals surface area contributed by atoms with Crippen LogP contribution >= 0.6 is 0 Å². The summed E-state index contributed by atoms with van der Waals surface area (Å²) in [7, 11) is 1.54. The van der Waals surface area contributed by atoms with Gasteiger partial charge in [0.2, 0.25) is 5.82 Å². The molecular weight excluding hydrogens is 230 g/mol. The van der Waals surface area contributed by atoms with Gasteiger partial charge in [-0.3, -0.25) is 9.36 Å². The number of anilines is 1. The quantitative estimate of drug-likeness (QED) is 0.756. The van der Waals surface area contributed by atoms with E-state index in [1.807, 2.05) is 6.07 Å². The number of carbonyl (C=O) groups excluding carboxylic acids is 1. The second kappa shape index (κ2) is 4.59. The fourth-order valence-corrected chi connectivity index (χ4v) is 1.66. The van der Waals surface area contributed by atoms with Crippen molar-refractivity contribution in [1.82, 2.24) is 14.9 Å². The molecule has 1 aromatic heterocycles. The molecule has 1 heterocycles. The third kappa shape index (κ3) is 1.89. The van der Waals surface area contributed by atoms with Gasteiger partial charge in [-0.1, -0.05) is 0 Å². The SMILES string of the molecule is CNC(=O)c1ccc(N)cc1-n1ccnc1C#N. The molecule has 0 radical (unpaired) electrons. The minimum absolute atomic E-state index is 0.200. The Kier molecular flexibility index (Phi) is 2.98. The zero-order valence-corrected chi connectivity index (χ0v) is 9.71. The highest BCUT2D eigenvalue weighted by Crippen LogP contribution is 2.19. The van der Waals surface area contributed by atoms with Gasteiger partial charge in [-0.2, -0.15) is 5.26 Å². The van der Waals surface area contributed by atoms with Crippen molar-refractivity contribution < 1.29 is 4.79 Å². The number of benzene rings is 1. The number of nitrogen functional groups attached to an aromatic ring is 1. The van der Waals surface area contributed by atoms with E-state index in [1.54, 1.807) is 31.4 Å². The maximum absolute atomic E-state index is 11.8. The van der Waals surface area contributed by atoms with Gasteiger partial charge in [0.1, 0.15) is 6.07 Å². The van der Waals surface area contributed by atoms with Crippen LogP contribution in [0.15, 0.2) is 30.6 Å². The number of nitrogens with one attached hydrogen (secondary N) is 1. The van der Waals surface area contributed by atoms with Crippen molar-refractivity contribution in [1.29, 1.82) is 5.26 Å². The summed E-state index contributed by atoms with van der Waals surface area (Å²) in [6, 6.07) is 6.84. The van der Waals surface area contributed by atoms with Crippen LogP contribution in [0.25, 0.3) is 5.69 Å². The maximum Gasteiger partial charge on any atom is 0.253 e. The van der Waals surface area contributed by atoms with Gasteiger partial charge in [0.25, 0.3) is 5.91 Å². The Balaban J connectivity index is 2.66. The summed E-state index contributed by atoms with van der Waals surface area (Å²) in [5.41, 5.74) is 7.19. The van der Waals surface area contributed by atoms with E-state index in [2.05, 4.69) is 10.3 Å². The Bertz CT molecular complexity index is 638. The van der Waals surface area contributed by atoms with Gasteiger partial charge in [-0.05, 0) is 18.2 Å². The average molecular weight is 241 g/mol. The summed E-state index contributed by atoms with van der Waals surface area (Å²) >= 11 is 0. The van der Waals surface area contributed by atoms with E-state index in [9.17, 15) is 4.79 Å². The lowest BCUT2D eigenvalue weighted by Gasteiger charge is -2.10. The number of amides is 1. The molecule has 2 aromatic rings. The van der Waals surface area contributed by atoms with Crippen LogP contribution in [0.2, 0.25) is 0 Å². The molecular formula is C12H11N5O. The van der Waals surface area contributed by atoms with Crippen LogP contribution in [0.5, 0.6) is 0 Å². The lowest BCUT2D eigenvalue weighted by atomic mass is 10.1. The van der Waals surface area contributed by atoms with E-state index in [0.29, 0.717) is 16.9 Å². The molecule has 90 valence electrons. The minimum Gasteiger partial charge on any atom is -0.399 e. The number of carbonyl (C=O) groups is 1. The first kappa shape index (κ1) is 11.7. The Morgan fingerprint density at radius 3 is 3.00 bits per heavy atom. The molecule has 1 amide bonds. The molecule has 0 fully saturated rings. The molecule has 3 N–H and O–H groups in total. The van der Waals surface area contributed by atoms with Gasteiger partial charge >= 0.3 is 0 Å². The van der Waals surface area contributed by atoms with E-state index in [0.717, 1.165) is 0 Å². The number of aromatic nitrogens is 2. The smallest absolute Gasteiger partial charge is 0.253 e. The molecule has 0 saturated carbocycles. The number of nitrogens with two attached hydrogens (primary N) is 1. The summed E-state index contributed by atoms with van der Waals surface area (Å²) in [5, 5.41) is 11.5. The lowest BCUT2D eigenvalue weighted by molar-refractivity contribution is 0.0963. The van der Waals surface area contributed by atoms with Crippen molar-refractivity contribution in [3.05, 3.63) is 42.0 Å². The molecule has 0 bridgehead atoms. The normalized spacial score (nSPS) is 9.78. The second-order valence-corrected chi connectivity index (χ2v) is 3.59. The molecule has 18 heavy (non-hydrogen) atoms. The predicted octanol–water partition coefficient (Wildman–Crippen LogP) is 0.686. The van der Waals surface area contributed by atoms with Crippen LogP contribution in [0.4, 0.5) is 5.69 Å². The molecule has 0 spiro atoms. The van der Waals surface area contributed by atoms with Crippen molar-refractivity contribution in [2.24, 2.45) is 0 Å². The summed E-state index contributed by atoms with van der Waals surface area (Å²) in [5.74, 6) is -0.0478. The highest BCUT2D eigenvalue weighted by Gasteiger charge is 2.14. The molecule has 0 aliphatic rings. The molecule has 0 aliphatic carbocycles. The second-order valence-electron chi connectivity index (χ2n) is 3.59. The van der Waals surface area contributed by atoms with Crippen molar-refractivity contribution in [2.45, 2.75) is 0 Å². The van der Waals surface area contributed by atoms with E-state index >= 15 is 0 Å². The van der Waals surface area contributed by atoms with Gasteiger partial charge in [-0.25, -0.2) is 4.98 Å². The Morgan fingerprint density at radius 2 is 2.33 bits per heavy atom. The van der Waals surface area contributed by atoms with Gasteiger partial charge in [-0.15, -0.1) is 0 Å². The van der Waals surface area contributed by atoms with Gasteiger partial charge in [0.15, 0.2) is 0 Å². The van der Waals surface area contributed by atoms with E-state index in [4.69, 9.17) is 11.0 Å². The molecule has 0 unspecified atom stereocenters. The minimum atomic E-state index is -0.248. The zero-order valence-electron chi connectivity index (χ0n) is 9.71. The van der Waals surface area contributed by atoms with Crippen LogP contribution < -0.4 is 11.1 Å². The fourth-order valence-electron chi connectivity index (χ4n) is 1.66. The maximum atomic E-state index is 11.8. The number of rotatable bonds is 2. The Morgan fingerprint density at radius 1 is 1.56 bits per heavy atom. The molecule has 0 atom stereocenters. The van der Waals surface area contributed by atoms with Crippen LogP contribution in [0.3, 0.4) is 0 Å². The topological polar surface area (TPSA) is 96.7 Å². The predicted molar refractivity (Wildman–Crippen MR) is 66.1 cm³/mol. The molecule has 2 rings (SSSR count). The standard InChI is InChI=1S/C12H11N5O/c1-15-12(18)9-3-2-8(14)6-10(9)17-5-4-16-11(17)7-13/h2-6H,14H2,1H3,(H,15,18). The van der Waals surface area contributed by atoms with Crippen molar-refractivity contribution in [3.8, 4) is 11.8 Å². The van der Waals surface area contributed by atoms with Crippen molar-refractivity contribution in [3.63, 3.8) is 0 Å². The van der Waals surface area contributed by atoms with E-state index < -0.39 is 0 Å². The first-order valence-corrected chi connectivity index (χ1v) is 5.22. The lowest BCUT2D eigenvalue weighted by Crippen LogP contribution is -2.20. The van der Waals surface area contributed by atoms with E-state index in [1.165, 1.54) is 10.8 Å². The number of hydrogen-bond donors (Lipinski definition) is 2. The molecule has 6 nitrogen and oxygen atoms in total. The van der Waals surface area contributed by atoms with Crippen LogP contribution in [-0.2, 0) is 0 Å². The Labute approximate surface area is 104 Å². The summed E-state index contributed by atoms with van der Waals surface area (Å²) in [6.45, 7) is 0. The molecule has 6 heteroatoms. The van der Waals surface area contributed by atoms with Crippen molar-refractivity contribution in [2.75, 3.05) is 12.8 Å². The first-order chi connectivity index (χ1) is 8.67. The van der Waals surface area contributed by atoms with Crippen LogP contribution in [0, 0.1) is 11.3 Å². The van der Waals surface area contributed by atoms with E-state index in [-0.39, 0.29) is 11.7 Å². The number of imidazole rings is 1. The van der Waals surface area contributed by atoms with Crippen LogP contribution in [-0.4, -0.2) is 22.5 Å². The number of hydrogen-bond acceptors (Lipinski definition) is 4. The molecule has 0 saturated heterocycles. The third-order valence-corrected chi connectivity index (χ3v) is 2.49. The zero-order chi connectivity index (χ0) is 13.1. The Hall–Kier alpha value is -2.81. The fraction of sp³-hybridized carbons (Fsp3) is 0.0833. The van der Waals surface area contributed by atoms with Crippen LogP contribution in [0.1, 0.15) is 16.2 Å². The summed E-state index contributed by atoms with van der Waals surface area (Å²) < 4.78 is 1.53. The number of nitriles is 1. The summed E-state index contributed by atoms with van der Waals surface area (Å²) in [4.78, 5) is 15.7. The van der Waals surface area contributed by atoms with Crippen molar-refractivity contribution >= 4 is 11.6 Å². The highest BCUT2D eigenvalue weighted by molar-refractivity contribution is 5.98. The monoisotopic (exact) mass is 241 g/mol. The highest BCUT2D eigenvalue weighted by atomic mass is 16.1. The van der Waals surface area contributed by atoms with Gasteiger partial charge < -0.3 is 11.1 Å². The third-order valence-electron chi connectivity index (χ3n) is 2.49. The average Bonchev–Trinajstić information content (AvgIpc) is 2.85. The summed E-state index contributed by atoms with van der Waals surface area (Å²) in [6.07, 6.45) is 3.11. The first-order valence-electron chi connectivity index (χ1n) is 5.22. The largest absolute Gasteiger partial charge is 0.399 e. The van der Waals surface area contributed by atoms with Gasteiger partial charge in [0.05, 0.1) is 11.3 Å². The molecule has 0 aliphatic heterocycles.